The number of urea groups is 1. The quantitative estimate of drug-likeness (QED) is 0.171. The summed E-state index contributed by atoms with van der Waals surface area (Å²) in [6.45, 7) is 0. The van der Waals surface area contributed by atoms with E-state index in [9.17, 15) is 31.1 Å². The van der Waals surface area contributed by atoms with Crippen molar-refractivity contribution < 1.29 is 35.6 Å². The SMILES string of the molecule is O=C(Nc1cc(C(F)(F)F)cc(C(F)(F)F)c1)N[C@@H](Cc1ccccc1)c1nnc(SCc2ccccc2)o1. The van der Waals surface area contributed by atoms with Crippen molar-refractivity contribution in [1.82, 2.24) is 15.5 Å². The third-order valence-corrected chi connectivity index (χ3v) is 6.25. The number of thioether (sulfide) groups is 1. The average Bonchev–Trinajstić information content (AvgIpc) is 3.36. The number of nitrogens with one attached hydrogen (secondary N) is 2. The Labute approximate surface area is 222 Å². The lowest BCUT2D eigenvalue weighted by molar-refractivity contribution is -0.143. The molecule has 1 heterocycles. The number of amides is 2. The third-order valence-electron chi connectivity index (χ3n) is 5.36. The van der Waals surface area contributed by atoms with E-state index >= 15 is 0 Å². The predicted molar refractivity (Wildman–Crippen MR) is 132 cm³/mol. The molecule has 0 saturated heterocycles. The topological polar surface area (TPSA) is 80.0 Å². The number of carbonyl (C=O) groups is 1. The Hall–Kier alpha value is -4.00. The summed E-state index contributed by atoms with van der Waals surface area (Å²) in [6, 6.07) is 17.2. The maximum atomic E-state index is 13.2. The predicted octanol–water partition coefficient (Wildman–Crippen LogP) is 7.51. The van der Waals surface area contributed by atoms with Crippen LogP contribution in [0.5, 0.6) is 0 Å². The zero-order valence-electron chi connectivity index (χ0n) is 19.9. The third kappa shape index (κ3) is 7.99. The lowest BCUT2D eigenvalue weighted by atomic mass is 10.1. The van der Waals surface area contributed by atoms with E-state index in [1.807, 2.05) is 30.3 Å². The summed E-state index contributed by atoms with van der Waals surface area (Å²) in [5, 5.41) is 12.8. The van der Waals surface area contributed by atoms with E-state index in [-0.39, 0.29) is 23.6 Å². The van der Waals surface area contributed by atoms with Gasteiger partial charge in [-0.15, -0.1) is 10.2 Å². The number of rotatable bonds is 8. The molecule has 204 valence electrons. The van der Waals surface area contributed by atoms with Crippen LogP contribution < -0.4 is 10.6 Å². The van der Waals surface area contributed by atoms with E-state index in [4.69, 9.17) is 4.42 Å². The summed E-state index contributed by atoms with van der Waals surface area (Å²) >= 11 is 1.27. The van der Waals surface area contributed by atoms with Gasteiger partial charge >= 0.3 is 18.4 Å². The number of anilines is 1. The zero-order valence-corrected chi connectivity index (χ0v) is 20.7. The number of carbonyl (C=O) groups excluding carboxylic acids is 1. The Kier molecular flexibility index (Phi) is 8.48. The van der Waals surface area contributed by atoms with Gasteiger partial charge in [0.2, 0.25) is 5.89 Å². The molecule has 0 saturated carbocycles. The molecule has 2 N–H and O–H groups in total. The maximum Gasteiger partial charge on any atom is 0.416 e. The molecule has 0 spiro atoms. The van der Waals surface area contributed by atoms with Crippen LogP contribution in [0.15, 0.2) is 88.5 Å². The lowest BCUT2D eigenvalue weighted by Crippen LogP contribution is -2.34. The van der Waals surface area contributed by atoms with Gasteiger partial charge in [-0.2, -0.15) is 26.3 Å². The largest absolute Gasteiger partial charge is 0.416 e. The maximum absolute atomic E-state index is 13.2. The molecule has 1 aromatic heterocycles. The summed E-state index contributed by atoms with van der Waals surface area (Å²) in [5.41, 5.74) is -2.01. The van der Waals surface area contributed by atoms with Crippen molar-refractivity contribution in [3.8, 4) is 0 Å². The Morgan fingerprint density at radius 3 is 1.95 bits per heavy atom. The van der Waals surface area contributed by atoms with Gasteiger partial charge in [-0.25, -0.2) is 4.79 Å². The van der Waals surface area contributed by atoms with Crippen LogP contribution in [0.25, 0.3) is 0 Å². The van der Waals surface area contributed by atoms with Crippen LogP contribution in [-0.4, -0.2) is 16.2 Å². The molecule has 1 atom stereocenters. The molecule has 3 aromatic carbocycles. The van der Waals surface area contributed by atoms with E-state index < -0.39 is 41.2 Å². The van der Waals surface area contributed by atoms with E-state index in [0.29, 0.717) is 17.9 Å². The van der Waals surface area contributed by atoms with Crippen LogP contribution in [0.1, 0.15) is 34.2 Å². The van der Waals surface area contributed by atoms with Gasteiger partial charge in [0.1, 0.15) is 6.04 Å². The first kappa shape index (κ1) is 28.0. The standard InChI is InChI=1S/C26H20F6N4O2S/c27-25(28,29)18-12-19(26(30,31)32)14-20(13-18)33-23(37)34-21(11-16-7-3-1-4-8-16)22-35-36-24(38-22)39-15-17-9-5-2-6-10-17/h1-10,12-14,21H,11,15H2,(H2,33,34,37)/t21-/m0/s1. The highest BCUT2D eigenvalue weighted by Crippen LogP contribution is 2.37. The van der Waals surface area contributed by atoms with Crippen molar-refractivity contribution in [1.29, 1.82) is 0 Å². The number of nitrogens with zero attached hydrogens (tertiary/aromatic N) is 2. The van der Waals surface area contributed by atoms with E-state index in [0.717, 1.165) is 11.1 Å². The van der Waals surface area contributed by atoms with Gasteiger partial charge in [-0.3, -0.25) is 0 Å². The van der Waals surface area contributed by atoms with E-state index in [1.165, 1.54) is 11.8 Å². The van der Waals surface area contributed by atoms with Crippen LogP contribution in [0, 0.1) is 0 Å². The molecule has 0 unspecified atom stereocenters. The molecular weight excluding hydrogens is 546 g/mol. The van der Waals surface area contributed by atoms with Crippen LogP contribution in [-0.2, 0) is 24.5 Å². The van der Waals surface area contributed by atoms with E-state index in [1.54, 1.807) is 30.3 Å². The summed E-state index contributed by atoms with van der Waals surface area (Å²) in [5.74, 6) is 0.557. The fourth-order valence-electron chi connectivity index (χ4n) is 3.54. The second-order valence-electron chi connectivity index (χ2n) is 8.32. The molecule has 0 radical (unpaired) electrons. The second-order valence-corrected chi connectivity index (χ2v) is 9.24. The molecule has 4 rings (SSSR count). The fourth-order valence-corrected chi connectivity index (χ4v) is 4.27. The summed E-state index contributed by atoms with van der Waals surface area (Å²) in [4.78, 5) is 12.7. The fraction of sp³-hybridized carbons (Fsp3) is 0.192. The van der Waals surface area contributed by atoms with Crippen molar-refractivity contribution in [2.75, 3.05) is 5.32 Å². The first-order valence-corrected chi connectivity index (χ1v) is 12.4. The molecule has 0 aliphatic rings. The van der Waals surface area contributed by atoms with Crippen molar-refractivity contribution >= 4 is 23.5 Å². The Bertz CT molecular complexity index is 1360. The van der Waals surface area contributed by atoms with Crippen LogP contribution in [0.3, 0.4) is 0 Å². The lowest BCUT2D eigenvalue weighted by Gasteiger charge is -2.18. The van der Waals surface area contributed by atoms with Crippen LogP contribution >= 0.6 is 11.8 Å². The van der Waals surface area contributed by atoms with Crippen LogP contribution in [0.4, 0.5) is 36.8 Å². The zero-order chi connectivity index (χ0) is 28.0. The van der Waals surface area contributed by atoms with Gasteiger partial charge in [0.25, 0.3) is 5.22 Å². The summed E-state index contributed by atoms with van der Waals surface area (Å²) in [7, 11) is 0. The molecule has 0 fully saturated rings. The number of aromatic nitrogens is 2. The van der Waals surface area contributed by atoms with Gasteiger partial charge in [0, 0.05) is 17.9 Å². The van der Waals surface area contributed by atoms with Gasteiger partial charge in [0.05, 0.1) is 11.1 Å². The molecule has 6 nitrogen and oxygen atoms in total. The highest BCUT2D eigenvalue weighted by atomic mass is 32.2. The van der Waals surface area contributed by atoms with Gasteiger partial charge < -0.3 is 15.1 Å². The number of halogens is 6. The molecular formula is C26H20F6N4O2S. The molecule has 0 aliphatic heterocycles. The molecule has 4 aromatic rings. The average molecular weight is 567 g/mol. The highest BCUT2D eigenvalue weighted by Gasteiger charge is 2.37. The smallest absolute Gasteiger partial charge is 0.414 e. The Morgan fingerprint density at radius 1 is 0.821 bits per heavy atom. The van der Waals surface area contributed by atoms with Crippen LogP contribution in [0.2, 0.25) is 0 Å². The Morgan fingerprint density at radius 2 is 1.38 bits per heavy atom. The first-order chi connectivity index (χ1) is 18.5. The van der Waals surface area contributed by atoms with E-state index in [2.05, 4.69) is 20.8 Å². The summed E-state index contributed by atoms with van der Waals surface area (Å²) in [6.07, 6.45) is -9.95. The highest BCUT2D eigenvalue weighted by molar-refractivity contribution is 7.98. The molecule has 13 heteroatoms. The van der Waals surface area contributed by atoms with Gasteiger partial charge in [-0.05, 0) is 29.3 Å². The summed E-state index contributed by atoms with van der Waals surface area (Å²) < 4.78 is 84.9. The van der Waals surface area contributed by atoms with Gasteiger partial charge in [0.15, 0.2) is 0 Å². The molecule has 0 bridgehead atoms. The first-order valence-electron chi connectivity index (χ1n) is 11.4. The van der Waals surface area contributed by atoms with Crippen molar-refractivity contribution in [3.05, 3.63) is 107 Å². The normalized spacial score (nSPS) is 12.7. The number of alkyl halides is 6. The number of hydrogen-bond donors (Lipinski definition) is 2. The second kappa shape index (κ2) is 11.8. The molecule has 39 heavy (non-hydrogen) atoms. The Balaban J connectivity index is 1.53. The van der Waals surface area contributed by atoms with Crippen molar-refractivity contribution in [2.24, 2.45) is 0 Å². The van der Waals surface area contributed by atoms with Crippen molar-refractivity contribution in [2.45, 2.75) is 35.8 Å². The number of benzene rings is 3. The minimum Gasteiger partial charge on any atom is -0.414 e. The molecule has 2 amide bonds. The van der Waals surface area contributed by atoms with Crippen molar-refractivity contribution in [3.63, 3.8) is 0 Å². The number of hydrogen-bond acceptors (Lipinski definition) is 5. The minimum atomic E-state index is -5.05. The monoisotopic (exact) mass is 566 g/mol. The molecule has 0 aliphatic carbocycles. The van der Waals surface area contributed by atoms with Gasteiger partial charge in [-0.1, -0.05) is 72.4 Å². The minimum absolute atomic E-state index is 0.0181.